The largest absolute Gasteiger partial charge is 0.469 e. The number of hydrogen-bond donors (Lipinski definition) is 0. The number of hydrogen-bond acceptors (Lipinski definition) is 3. The topological polar surface area (TPSA) is 29.5 Å². The Morgan fingerprint density at radius 3 is 2.55 bits per heavy atom. The van der Waals surface area contributed by atoms with Crippen LogP contribution in [0.15, 0.2) is 30.3 Å². The molecule has 0 aromatic heterocycles. The molecule has 2 fully saturated rings. The fourth-order valence-corrected chi connectivity index (χ4v) is 4.32. The standard InChI is InChI=1S/C19H27NO2/c1-22-19(21)18-14-20(12-15-8-4-2-5-9-15)13-17(18)16-10-6-3-7-11-16/h2,4-5,8-9,16-18H,3,6-7,10-14H2,1H3/t17-,18+/m0/s1. The third-order valence-electron chi connectivity index (χ3n) is 5.45. The maximum absolute atomic E-state index is 12.2. The van der Waals surface area contributed by atoms with E-state index in [0.717, 1.165) is 19.6 Å². The van der Waals surface area contributed by atoms with Gasteiger partial charge in [-0.25, -0.2) is 0 Å². The Bertz CT molecular complexity index is 481. The van der Waals surface area contributed by atoms with Crippen LogP contribution in [0, 0.1) is 17.8 Å². The monoisotopic (exact) mass is 301 g/mol. The minimum atomic E-state index is -0.00821. The quantitative estimate of drug-likeness (QED) is 0.797. The van der Waals surface area contributed by atoms with Crippen molar-refractivity contribution in [2.24, 2.45) is 17.8 Å². The molecule has 1 saturated heterocycles. The number of esters is 1. The molecule has 1 heterocycles. The molecule has 22 heavy (non-hydrogen) atoms. The van der Waals surface area contributed by atoms with Gasteiger partial charge in [0.05, 0.1) is 13.0 Å². The van der Waals surface area contributed by atoms with Gasteiger partial charge in [0.15, 0.2) is 0 Å². The number of ether oxygens (including phenoxy) is 1. The smallest absolute Gasteiger partial charge is 0.310 e. The third-order valence-corrected chi connectivity index (χ3v) is 5.45. The van der Waals surface area contributed by atoms with E-state index in [9.17, 15) is 4.79 Å². The number of carbonyl (C=O) groups is 1. The first-order valence-electron chi connectivity index (χ1n) is 8.62. The number of carbonyl (C=O) groups excluding carboxylic acids is 1. The molecule has 0 spiro atoms. The molecule has 0 bridgehead atoms. The molecule has 1 aromatic carbocycles. The second-order valence-corrected chi connectivity index (χ2v) is 6.87. The third kappa shape index (κ3) is 3.52. The molecule has 3 nitrogen and oxygen atoms in total. The summed E-state index contributed by atoms with van der Waals surface area (Å²) in [4.78, 5) is 14.7. The van der Waals surface area contributed by atoms with Crippen molar-refractivity contribution in [1.29, 1.82) is 0 Å². The number of rotatable bonds is 4. The van der Waals surface area contributed by atoms with Gasteiger partial charge in [0.2, 0.25) is 0 Å². The van der Waals surface area contributed by atoms with E-state index in [-0.39, 0.29) is 11.9 Å². The van der Waals surface area contributed by atoms with Crippen LogP contribution in [0.4, 0.5) is 0 Å². The first kappa shape index (κ1) is 15.5. The van der Waals surface area contributed by atoms with E-state index in [4.69, 9.17) is 4.74 Å². The molecule has 120 valence electrons. The Kier molecular flexibility index (Phi) is 5.14. The molecule has 3 heteroatoms. The van der Waals surface area contributed by atoms with Gasteiger partial charge >= 0.3 is 5.97 Å². The van der Waals surface area contributed by atoms with Gasteiger partial charge in [0.25, 0.3) is 0 Å². The molecular weight excluding hydrogens is 274 g/mol. The highest BCUT2D eigenvalue weighted by molar-refractivity contribution is 5.73. The lowest BCUT2D eigenvalue weighted by molar-refractivity contribution is -0.147. The molecule has 1 saturated carbocycles. The van der Waals surface area contributed by atoms with E-state index in [2.05, 4.69) is 35.2 Å². The fourth-order valence-electron chi connectivity index (χ4n) is 4.32. The van der Waals surface area contributed by atoms with Crippen molar-refractivity contribution in [2.75, 3.05) is 20.2 Å². The van der Waals surface area contributed by atoms with Crippen molar-refractivity contribution in [3.63, 3.8) is 0 Å². The van der Waals surface area contributed by atoms with Crippen molar-refractivity contribution in [3.05, 3.63) is 35.9 Å². The summed E-state index contributed by atoms with van der Waals surface area (Å²) in [5.41, 5.74) is 1.33. The van der Waals surface area contributed by atoms with Gasteiger partial charge < -0.3 is 4.74 Å². The van der Waals surface area contributed by atoms with Crippen LogP contribution in [-0.2, 0) is 16.1 Å². The Morgan fingerprint density at radius 1 is 1.14 bits per heavy atom. The van der Waals surface area contributed by atoms with Gasteiger partial charge in [-0.2, -0.15) is 0 Å². The Balaban J connectivity index is 1.69. The Labute approximate surface area is 133 Å². The van der Waals surface area contributed by atoms with Crippen LogP contribution in [0.2, 0.25) is 0 Å². The molecular formula is C19H27NO2. The average Bonchev–Trinajstić information content (AvgIpc) is 3.00. The van der Waals surface area contributed by atoms with Gasteiger partial charge in [-0.05, 0) is 17.4 Å². The van der Waals surface area contributed by atoms with Crippen molar-refractivity contribution >= 4 is 5.97 Å². The maximum atomic E-state index is 12.2. The molecule has 2 aliphatic rings. The van der Waals surface area contributed by atoms with E-state index in [1.54, 1.807) is 0 Å². The van der Waals surface area contributed by atoms with Crippen molar-refractivity contribution in [1.82, 2.24) is 4.90 Å². The SMILES string of the molecule is COC(=O)[C@@H]1CN(Cc2ccccc2)C[C@H]1C1CCCCC1. The molecule has 1 aliphatic heterocycles. The average molecular weight is 301 g/mol. The molecule has 3 rings (SSSR count). The molecule has 0 radical (unpaired) electrons. The van der Waals surface area contributed by atoms with Crippen LogP contribution >= 0.6 is 0 Å². The van der Waals surface area contributed by atoms with Crippen LogP contribution in [0.5, 0.6) is 0 Å². The highest BCUT2D eigenvalue weighted by Gasteiger charge is 2.42. The zero-order valence-electron chi connectivity index (χ0n) is 13.5. The van der Waals surface area contributed by atoms with Gasteiger partial charge in [-0.15, -0.1) is 0 Å². The van der Waals surface area contributed by atoms with Crippen LogP contribution < -0.4 is 0 Å². The minimum Gasteiger partial charge on any atom is -0.469 e. The molecule has 1 aromatic rings. The van der Waals surface area contributed by atoms with E-state index >= 15 is 0 Å². The first-order valence-corrected chi connectivity index (χ1v) is 8.62. The van der Waals surface area contributed by atoms with Crippen LogP contribution in [0.25, 0.3) is 0 Å². The number of likely N-dealkylation sites (tertiary alicyclic amines) is 1. The predicted molar refractivity (Wildman–Crippen MR) is 87.3 cm³/mol. The zero-order chi connectivity index (χ0) is 15.4. The lowest BCUT2D eigenvalue weighted by Crippen LogP contribution is -2.30. The second-order valence-electron chi connectivity index (χ2n) is 6.87. The van der Waals surface area contributed by atoms with E-state index < -0.39 is 0 Å². The summed E-state index contributed by atoms with van der Waals surface area (Å²) in [5, 5.41) is 0. The highest BCUT2D eigenvalue weighted by Crippen LogP contribution is 2.39. The maximum Gasteiger partial charge on any atom is 0.310 e. The van der Waals surface area contributed by atoms with E-state index in [1.807, 2.05) is 0 Å². The first-order chi connectivity index (χ1) is 10.8. The molecule has 0 N–H and O–H groups in total. The summed E-state index contributed by atoms with van der Waals surface area (Å²) in [6.45, 7) is 2.83. The van der Waals surface area contributed by atoms with Gasteiger partial charge in [-0.3, -0.25) is 9.69 Å². The summed E-state index contributed by atoms with van der Waals surface area (Å²) in [6, 6.07) is 10.6. The number of benzene rings is 1. The summed E-state index contributed by atoms with van der Waals surface area (Å²) in [7, 11) is 1.53. The van der Waals surface area contributed by atoms with Crippen molar-refractivity contribution < 1.29 is 9.53 Å². The highest BCUT2D eigenvalue weighted by atomic mass is 16.5. The summed E-state index contributed by atoms with van der Waals surface area (Å²) < 4.78 is 5.09. The van der Waals surface area contributed by atoms with E-state index in [0.29, 0.717) is 11.8 Å². The number of methoxy groups -OCH3 is 1. The van der Waals surface area contributed by atoms with Crippen LogP contribution in [-0.4, -0.2) is 31.1 Å². The van der Waals surface area contributed by atoms with Crippen molar-refractivity contribution in [2.45, 2.75) is 38.6 Å². The lowest BCUT2D eigenvalue weighted by atomic mass is 9.75. The summed E-state index contributed by atoms with van der Waals surface area (Å²) in [6.07, 6.45) is 6.59. The zero-order valence-corrected chi connectivity index (χ0v) is 13.5. The summed E-state index contributed by atoms with van der Waals surface area (Å²) in [5.74, 6) is 1.25. The minimum absolute atomic E-state index is 0.00821. The van der Waals surface area contributed by atoms with Crippen LogP contribution in [0.1, 0.15) is 37.7 Å². The normalized spacial score (nSPS) is 27.0. The molecule has 1 aliphatic carbocycles. The van der Waals surface area contributed by atoms with Crippen molar-refractivity contribution in [3.8, 4) is 0 Å². The molecule has 2 atom stereocenters. The fraction of sp³-hybridized carbons (Fsp3) is 0.632. The lowest BCUT2D eigenvalue weighted by Gasteiger charge is -2.30. The Hall–Kier alpha value is -1.35. The van der Waals surface area contributed by atoms with Gasteiger partial charge in [-0.1, -0.05) is 62.4 Å². The predicted octanol–water partition coefficient (Wildman–Crippen LogP) is 3.49. The van der Waals surface area contributed by atoms with Gasteiger partial charge in [0, 0.05) is 19.6 Å². The molecule has 0 amide bonds. The second kappa shape index (κ2) is 7.28. The van der Waals surface area contributed by atoms with Gasteiger partial charge in [0.1, 0.15) is 0 Å². The van der Waals surface area contributed by atoms with Crippen LogP contribution in [0.3, 0.4) is 0 Å². The summed E-state index contributed by atoms with van der Waals surface area (Å²) >= 11 is 0. The number of nitrogens with zero attached hydrogens (tertiary/aromatic N) is 1. The van der Waals surface area contributed by atoms with E-state index in [1.165, 1.54) is 44.8 Å². The molecule has 0 unspecified atom stereocenters. The Morgan fingerprint density at radius 2 is 1.86 bits per heavy atom.